The Bertz CT molecular complexity index is 271. The third-order valence-electron chi connectivity index (χ3n) is 3.94. The number of carbonyl (C=O) groups is 1. The fourth-order valence-electron chi connectivity index (χ4n) is 2.62. The Kier molecular flexibility index (Phi) is 6.34. The second kappa shape index (κ2) is 8.02. The first-order valence-electron chi connectivity index (χ1n) is 7.42. The number of Topliss-reactive ketones (excluding diaryl/α,β-unsaturated/α-hetero) is 1. The second-order valence-electron chi connectivity index (χ2n) is 5.64. The summed E-state index contributed by atoms with van der Waals surface area (Å²) >= 11 is 0. The summed E-state index contributed by atoms with van der Waals surface area (Å²) in [6, 6.07) is 0. The SMILES string of the molecule is O=C(COC1CC[NH+]([O-])CC1)COC1CC[NH+]([O-])CC1. The zero-order valence-electron chi connectivity index (χ0n) is 11.8. The van der Waals surface area contributed by atoms with E-state index < -0.39 is 0 Å². The van der Waals surface area contributed by atoms with Crippen molar-refractivity contribution < 1.29 is 24.4 Å². The highest BCUT2D eigenvalue weighted by Crippen LogP contribution is 2.07. The van der Waals surface area contributed by atoms with E-state index in [2.05, 4.69) is 0 Å². The minimum absolute atomic E-state index is 0.0314. The number of ether oxygens (including phenoxy) is 2. The molecule has 0 aromatic heterocycles. The van der Waals surface area contributed by atoms with E-state index >= 15 is 0 Å². The second-order valence-corrected chi connectivity index (χ2v) is 5.64. The van der Waals surface area contributed by atoms with Crippen LogP contribution >= 0.6 is 0 Å². The fourth-order valence-corrected chi connectivity index (χ4v) is 2.62. The molecule has 0 radical (unpaired) electrons. The molecule has 0 unspecified atom stereocenters. The van der Waals surface area contributed by atoms with Gasteiger partial charge in [0.1, 0.15) is 13.2 Å². The molecule has 7 heteroatoms. The summed E-state index contributed by atoms with van der Waals surface area (Å²) in [5, 5.41) is 22.7. The van der Waals surface area contributed by atoms with Gasteiger partial charge < -0.3 is 30.0 Å². The smallest absolute Gasteiger partial charge is 0.184 e. The number of quaternary nitrogens is 2. The van der Waals surface area contributed by atoms with Gasteiger partial charge >= 0.3 is 0 Å². The molecule has 2 aliphatic heterocycles. The van der Waals surface area contributed by atoms with E-state index in [1.807, 2.05) is 0 Å². The van der Waals surface area contributed by atoms with Crippen LogP contribution in [-0.2, 0) is 14.3 Å². The van der Waals surface area contributed by atoms with Crippen molar-refractivity contribution in [3.8, 4) is 0 Å². The first-order valence-corrected chi connectivity index (χ1v) is 7.42. The van der Waals surface area contributed by atoms with Crippen molar-refractivity contribution in [3.63, 3.8) is 0 Å². The monoisotopic (exact) mass is 288 g/mol. The summed E-state index contributed by atoms with van der Waals surface area (Å²) in [4.78, 5) is 11.7. The van der Waals surface area contributed by atoms with E-state index in [0.717, 1.165) is 25.7 Å². The minimum Gasteiger partial charge on any atom is -0.634 e. The predicted molar refractivity (Wildman–Crippen MR) is 71.1 cm³/mol. The van der Waals surface area contributed by atoms with Crippen LogP contribution in [0.25, 0.3) is 0 Å². The highest BCUT2D eigenvalue weighted by Gasteiger charge is 2.21. The van der Waals surface area contributed by atoms with E-state index in [1.54, 1.807) is 0 Å². The maximum Gasteiger partial charge on any atom is 0.184 e. The lowest BCUT2D eigenvalue weighted by molar-refractivity contribution is -0.854. The van der Waals surface area contributed by atoms with E-state index in [4.69, 9.17) is 9.47 Å². The number of hydrogen-bond donors (Lipinski definition) is 2. The molecule has 2 heterocycles. The van der Waals surface area contributed by atoms with Crippen LogP contribution in [0.1, 0.15) is 25.7 Å². The van der Waals surface area contributed by atoms with Gasteiger partial charge in [-0.1, -0.05) is 0 Å². The van der Waals surface area contributed by atoms with Gasteiger partial charge in [-0.25, -0.2) is 0 Å². The highest BCUT2D eigenvalue weighted by atomic mass is 16.5. The Balaban J connectivity index is 1.54. The van der Waals surface area contributed by atoms with Crippen LogP contribution in [0.3, 0.4) is 0 Å². The first-order chi connectivity index (χ1) is 9.63. The normalized spacial score (nSPS) is 34.9. The molecule has 20 heavy (non-hydrogen) atoms. The maximum absolute atomic E-state index is 11.7. The van der Waals surface area contributed by atoms with Gasteiger partial charge in [-0.15, -0.1) is 0 Å². The summed E-state index contributed by atoms with van der Waals surface area (Å²) < 4.78 is 11.0. The molecule has 0 aliphatic carbocycles. The predicted octanol–water partition coefficient (Wildman–Crippen LogP) is -2.32. The van der Waals surface area contributed by atoms with Crippen molar-refractivity contribution in [2.75, 3.05) is 39.4 Å². The van der Waals surface area contributed by atoms with E-state index in [1.165, 1.54) is 0 Å². The molecule has 2 aliphatic rings. The number of hydroxylamine groups is 4. The molecular weight excluding hydrogens is 264 g/mol. The summed E-state index contributed by atoms with van der Waals surface area (Å²) in [5.74, 6) is -0.0706. The molecular formula is C13H24N2O5. The van der Waals surface area contributed by atoms with Crippen LogP contribution in [0.2, 0.25) is 0 Å². The van der Waals surface area contributed by atoms with Crippen molar-refractivity contribution in [2.45, 2.75) is 37.9 Å². The van der Waals surface area contributed by atoms with Crippen LogP contribution in [0, 0.1) is 10.4 Å². The van der Waals surface area contributed by atoms with Gasteiger partial charge in [-0.2, -0.15) is 0 Å². The summed E-state index contributed by atoms with van der Waals surface area (Å²) in [7, 11) is 0. The molecule has 2 rings (SSSR count). The maximum atomic E-state index is 11.7. The molecule has 116 valence electrons. The van der Waals surface area contributed by atoms with E-state index in [-0.39, 0.29) is 41.3 Å². The van der Waals surface area contributed by atoms with Crippen molar-refractivity contribution >= 4 is 5.78 Å². The Labute approximate surface area is 119 Å². The number of carbonyl (C=O) groups excluding carboxylic acids is 1. The number of hydrogen-bond acceptors (Lipinski definition) is 5. The molecule has 0 saturated carbocycles. The number of piperidine rings is 2. The topological polar surface area (TPSA) is 90.5 Å². The Morgan fingerprint density at radius 1 is 0.850 bits per heavy atom. The zero-order chi connectivity index (χ0) is 14.4. The van der Waals surface area contributed by atoms with Gasteiger partial charge in [0.15, 0.2) is 5.78 Å². The third-order valence-corrected chi connectivity index (χ3v) is 3.94. The zero-order valence-corrected chi connectivity index (χ0v) is 11.8. The molecule has 0 spiro atoms. The molecule has 0 aromatic carbocycles. The number of ketones is 1. The summed E-state index contributed by atoms with van der Waals surface area (Å²) in [5.41, 5.74) is 0. The third kappa shape index (κ3) is 5.43. The van der Waals surface area contributed by atoms with Crippen molar-refractivity contribution in [2.24, 2.45) is 0 Å². The van der Waals surface area contributed by atoms with Gasteiger partial charge in [-0.05, 0) is 0 Å². The summed E-state index contributed by atoms with van der Waals surface area (Å²) in [6.07, 6.45) is 2.94. The van der Waals surface area contributed by atoms with E-state index in [0.29, 0.717) is 26.2 Å². The first kappa shape index (κ1) is 15.8. The lowest BCUT2D eigenvalue weighted by atomic mass is 10.1. The molecule has 0 bridgehead atoms. The number of rotatable bonds is 6. The molecule has 2 saturated heterocycles. The summed E-state index contributed by atoms with van der Waals surface area (Å²) in [6.45, 7) is 2.36. The Hall–Kier alpha value is -0.570. The van der Waals surface area contributed by atoms with Gasteiger partial charge in [0, 0.05) is 25.7 Å². The van der Waals surface area contributed by atoms with Crippen LogP contribution in [0.4, 0.5) is 0 Å². The number of nitrogens with one attached hydrogen (secondary N) is 2. The molecule has 0 atom stereocenters. The quantitative estimate of drug-likeness (QED) is 0.536. The van der Waals surface area contributed by atoms with Gasteiger partial charge in [0.05, 0.1) is 38.4 Å². The lowest BCUT2D eigenvalue weighted by Crippen LogP contribution is -3.08. The van der Waals surface area contributed by atoms with Crippen molar-refractivity contribution in [1.82, 2.24) is 0 Å². The fraction of sp³-hybridized carbons (Fsp3) is 0.923. The largest absolute Gasteiger partial charge is 0.634 e. The van der Waals surface area contributed by atoms with Crippen LogP contribution in [-0.4, -0.2) is 57.4 Å². The average Bonchev–Trinajstić information content (AvgIpc) is 2.46. The molecule has 0 aromatic rings. The Morgan fingerprint density at radius 3 is 1.55 bits per heavy atom. The highest BCUT2D eigenvalue weighted by molar-refractivity contribution is 5.80. The Morgan fingerprint density at radius 2 is 1.20 bits per heavy atom. The average molecular weight is 288 g/mol. The van der Waals surface area contributed by atoms with Crippen LogP contribution in [0.15, 0.2) is 0 Å². The molecule has 2 fully saturated rings. The van der Waals surface area contributed by atoms with Gasteiger partial charge in [0.2, 0.25) is 0 Å². The van der Waals surface area contributed by atoms with Crippen molar-refractivity contribution in [3.05, 3.63) is 10.4 Å². The lowest BCUT2D eigenvalue weighted by Gasteiger charge is -2.31. The van der Waals surface area contributed by atoms with E-state index in [9.17, 15) is 15.2 Å². The standard InChI is InChI=1S/C13H24N2O5/c16-11(9-19-12-1-5-14(17)6-2-12)10-20-13-3-7-15(18)8-4-13/h12-15H,1-10H2. The van der Waals surface area contributed by atoms with Gasteiger partial charge in [0.25, 0.3) is 0 Å². The van der Waals surface area contributed by atoms with Gasteiger partial charge in [-0.3, -0.25) is 4.79 Å². The molecule has 0 amide bonds. The van der Waals surface area contributed by atoms with Crippen LogP contribution in [0.5, 0.6) is 0 Å². The van der Waals surface area contributed by atoms with Crippen LogP contribution < -0.4 is 10.1 Å². The molecule has 7 nitrogen and oxygen atoms in total. The van der Waals surface area contributed by atoms with Crippen molar-refractivity contribution in [1.29, 1.82) is 0 Å². The minimum atomic E-state index is -0.0706. The molecule has 2 N–H and O–H groups in total.